The zero-order valence-electron chi connectivity index (χ0n) is 15.9. The molecule has 10 heteroatoms. The van der Waals surface area contributed by atoms with E-state index in [1.165, 1.54) is 36.4 Å². The summed E-state index contributed by atoms with van der Waals surface area (Å²) < 4.78 is 0. The molecule has 2 rings (SSSR count). The van der Waals surface area contributed by atoms with Gasteiger partial charge in [-0.25, -0.2) is 0 Å². The molecule has 0 spiro atoms. The van der Waals surface area contributed by atoms with Gasteiger partial charge in [0, 0.05) is 47.5 Å². The average molecular weight is 400 g/mol. The maximum absolute atomic E-state index is 12.1. The molecule has 2 aromatic rings. The lowest BCUT2D eigenvalue weighted by Gasteiger charge is -2.08. The summed E-state index contributed by atoms with van der Waals surface area (Å²) in [6.45, 7) is 3.72. The maximum atomic E-state index is 12.1. The van der Waals surface area contributed by atoms with Crippen LogP contribution >= 0.6 is 0 Å². The molecule has 0 aliphatic heterocycles. The Hall–Kier alpha value is -3.82. The molecule has 0 saturated carbocycles. The van der Waals surface area contributed by atoms with Crippen LogP contribution in [0.3, 0.4) is 0 Å². The predicted octanol–water partition coefficient (Wildman–Crippen LogP) is 2.67. The van der Waals surface area contributed by atoms with Gasteiger partial charge in [0.1, 0.15) is 0 Å². The van der Waals surface area contributed by atoms with Crippen LogP contribution in [-0.2, 0) is 0 Å². The normalized spacial score (nSPS) is 10.3. The van der Waals surface area contributed by atoms with Crippen molar-refractivity contribution in [2.45, 2.75) is 20.3 Å². The molecule has 0 bridgehead atoms. The molecule has 29 heavy (non-hydrogen) atoms. The molecule has 0 fully saturated rings. The molecule has 0 unspecified atom stereocenters. The number of nitro groups is 2. The van der Waals surface area contributed by atoms with Crippen molar-refractivity contribution in [1.82, 2.24) is 10.6 Å². The number of nitro benzene ring substituents is 2. The van der Waals surface area contributed by atoms with Crippen molar-refractivity contribution < 1.29 is 19.4 Å². The van der Waals surface area contributed by atoms with Crippen LogP contribution in [0.15, 0.2) is 36.4 Å². The highest BCUT2D eigenvalue weighted by Crippen LogP contribution is 2.19. The first-order valence-electron chi connectivity index (χ1n) is 8.77. The number of nitrogens with zero attached hydrogens (tertiary/aromatic N) is 2. The van der Waals surface area contributed by atoms with Crippen molar-refractivity contribution in [3.8, 4) is 0 Å². The minimum absolute atomic E-state index is 0.0502. The first-order chi connectivity index (χ1) is 13.7. The lowest BCUT2D eigenvalue weighted by molar-refractivity contribution is -0.385. The van der Waals surface area contributed by atoms with Crippen LogP contribution in [-0.4, -0.2) is 34.8 Å². The van der Waals surface area contributed by atoms with Crippen LogP contribution in [0.4, 0.5) is 11.4 Å². The van der Waals surface area contributed by atoms with Gasteiger partial charge in [-0.2, -0.15) is 0 Å². The first kappa shape index (κ1) is 21.5. The SMILES string of the molecule is Cc1cc(C(=O)NCCCNC(=O)c2ccc([N+](=O)[O-])c(C)c2)ccc1[N+](=O)[O-]. The van der Waals surface area contributed by atoms with E-state index in [1.54, 1.807) is 13.8 Å². The topological polar surface area (TPSA) is 144 Å². The summed E-state index contributed by atoms with van der Waals surface area (Å²) in [5.41, 5.74) is 1.33. The van der Waals surface area contributed by atoms with E-state index >= 15 is 0 Å². The van der Waals surface area contributed by atoms with Gasteiger partial charge >= 0.3 is 0 Å². The smallest absolute Gasteiger partial charge is 0.272 e. The van der Waals surface area contributed by atoms with Gasteiger partial charge in [-0.15, -0.1) is 0 Å². The summed E-state index contributed by atoms with van der Waals surface area (Å²) in [4.78, 5) is 44.8. The van der Waals surface area contributed by atoms with E-state index in [0.717, 1.165) is 0 Å². The van der Waals surface area contributed by atoms with Crippen LogP contribution in [0.25, 0.3) is 0 Å². The summed E-state index contributed by atoms with van der Waals surface area (Å²) in [7, 11) is 0. The van der Waals surface area contributed by atoms with Crippen LogP contribution in [0.1, 0.15) is 38.3 Å². The third-order valence-electron chi connectivity index (χ3n) is 4.24. The lowest BCUT2D eigenvalue weighted by Crippen LogP contribution is -2.30. The van der Waals surface area contributed by atoms with Crippen molar-refractivity contribution in [2.75, 3.05) is 13.1 Å². The first-order valence-corrected chi connectivity index (χ1v) is 8.77. The van der Waals surface area contributed by atoms with Crippen molar-refractivity contribution in [3.63, 3.8) is 0 Å². The third kappa shape index (κ3) is 5.58. The van der Waals surface area contributed by atoms with Gasteiger partial charge in [-0.1, -0.05) is 0 Å². The number of carbonyl (C=O) groups is 2. The summed E-state index contributed by atoms with van der Waals surface area (Å²) in [6.07, 6.45) is 0.468. The number of rotatable bonds is 8. The summed E-state index contributed by atoms with van der Waals surface area (Å²) in [5.74, 6) is -0.722. The zero-order valence-corrected chi connectivity index (χ0v) is 15.9. The highest BCUT2D eigenvalue weighted by atomic mass is 16.6. The standard InChI is InChI=1S/C19H20N4O6/c1-12-10-14(4-6-16(12)22(26)27)18(24)20-8-3-9-21-19(25)15-5-7-17(23(28)29)13(2)11-15/h4-7,10-11H,3,8-9H2,1-2H3,(H,20,24)(H,21,25). The third-order valence-corrected chi connectivity index (χ3v) is 4.24. The van der Waals surface area contributed by atoms with E-state index in [0.29, 0.717) is 41.8 Å². The fourth-order valence-electron chi connectivity index (χ4n) is 2.70. The van der Waals surface area contributed by atoms with Crippen molar-refractivity contribution in [3.05, 3.63) is 78.9 Å². The Kier molecular flexibility index (Phi) is 6.96. The predicted molar refractivity (Wildman–Crippen MR) is 105 cm³/mol. The highest BCUT2D eigenvalue weighted by molar-refractivity contribution is 5.95. The number of carbonyl (C=O) groups excluding carboxylic acids is 2. The minimum atomic E-state index is -0.508. The molecule has 0 heterocycles. The molecule has 0 aliphatic rings. The Balaban J connectivity index is 1.79. The fourth-order valence-corrected chi connectivity index (χ4v) is 2.70. The second-order valence-corrected chi connectivity index (χ2v) is 6.38. The number of hydrogen-bond acceptors (Lipinski definition) is 6. The number of hydrogen-bond donors (Lipinski definition) is 2. The van der Waals surface area contributed by atoms with Crippen LogP contribution in [0, 0.1) is 34.1 Å². The van der Waals surface area contributed by atoms with Crippen molar-refractivity contribution >= 4 is 23.2 Å². The van der Waals surface area contributed by atoms with E-state index < -0.39 is 9.85 Å². The molecule has 0 atom stereocenters. The molecule has 0 saturated heterocycles. The van der Waals surface area contributed by atoms with Crippen LogP contribution in [0.2, 0.25) is 0 Å². The van der Waals surface area contributed by atoms with E-state index in [9.17, 15) is 29.8 Å². The second kappa shape index (κ2) is 9.40. The Morgan fingerprint density at radius 2 is 1.17 bits per heavy atom. The van der Waals surface area contributed by atoms with Crippen LogP contribution in [0.5, 0.6) is 0 Å². The van der Waals surface area contributed by atoms with Gasteiger partial charge < -0.3 is 10.6 Å². The van der Waals surface area contributed by atoms with E-state index in [2.05, 4.69) is 10.6 Å². The molecular weight excluding hydrogens is 380 g/mol. The molecule has 0 aromatic heterocycles. The Morgan fingerprint density at radius 3 is 1.48 bits per heavy atom. The number of nitrogens with one attached hydrogen (secondary N) is 2. The van der Waals surface area contributed by atoms with Gasteiger partial charge in [0.05, 0.1) is 9.85 Å². The van der Waals surface area contributed by atoms with Crippen molar-refractivity contribution in [1.29, 1.82) is 0 Å². The van der Waals surface area contributed by atoms with Gasteiger partial charge in [-0.05, 0) is 44.5 Å². The highest BCUT2D eigenvalue weighted by Gasteiger charge is 2.15. The number of amides is 2. The van der Waals surface area contributed by atoms with E-state index in [-0.39, 0.29) is 23.2 Å². The lowest BCUT2D eigenvalue weighted by atomic mass is 10.1. The number of aryl methyl sites for hydroxylation is 2. The molecule has 0 aliphatic carbocycles. The largest absolute Gasteiger partial charge is 0.352 e. The number of benzene rings is 2. The van der Waals surface area contributed by atoms with Gasteiger partial charge in [0.2, 0.25) is 0 Å². The summed E-state index contributed by atoms with van der Waals surface area (Å²) in [6, 6.07) is 8.25. The van der Waals surface area contributed by atoms with E-state index in [4.69, 9.17) is 0 Å². The average Bonchev–Trinajstić information content (AvgIpc) is 2.66. The quantitative estimate of drug-likeness (QED) is 0.396. The monoisotopic (exact) mass is 400 g/mol. The fraction of sp³-hybridized carbons (Fsp3) is 0.263. The Labute approximate surface area is 166 Å². The zero-order chi connectivity index (χ0) is 21.6. The second-order valence-electron chi connectivity index (χ2n) is 6.38. The van der Waals surface area contributed by atoms with E-state index in [1.807, 2.05) is 0 Å². The molecule has 0 radical (unpaired) electrons. The van der Waals surface area contributed by atoms with Gasteiger partial charge in [0.25, 0.3) is 23.2 Å². The van der Waals surface area contributed by atoms with Crippen LogP contribution < -0.4 is 10.6 Å². The van der Waals surface area contributed by atoms with Crippen molar-refractivity contribution in [2.24, 2.45) is 0 Å². The molecule has 2 aromatic carbocycles. The summed E-state index contributed by atoms with van der Waals surface area (Å²) in [5, 5.41) is 27.0. The Bertz CT molecular complexity index is 896. The maximum Gasteiger partial charge on any atom is 0.272 e. The molecular formula is C19H20N4O6. The Morgan fingerprint density at radius 1 is 0.793 bits per heavy atom. The molecule has 2 N–H and O–H groups in total. The molecule has 152 valence electrons. The van der Waals surface area contributed by atoms with Gasteiger partial charge in [0.15, 0.2) is 0 Å². The summed E-state index contributed by atoms with van der Waals surface area (Å²) >= 11 is 0. The minimum Gasteiger partial charge on any atom is -0.352 e. The molecule has 10 nitrogen and oxygen atoms in total. The molecule has 2 amide bonds. The van der Waals surface area contributed by atoms with Gasteiger partial charge in [-0.3, -0.25) is 29.8 Å².